The highest BCUT2D eigenvalue weighted by Gasteiger charge is 2.32. The van der Waals surface area contributed by atoms with Crippen molar-refractivity contribution in [3.05, 3.63) is 70.3 Å². The number of aryl methyl sites for hydroxylation is 1. The zero-order valence-electron chi connectivity index (χ0n) is 12.2. The molecule has 0 saturated carbocycles. The fourth-order valence-electron chi connectivity index (χ4n) is 2.95. The van der Waals surface area contributed by atoms with Gasteiger partial charge in [0, 0.05) is 12.0 Å². The van der Waals surface area contributed by atoms with Crippen LogP contribution in [0.2, 0.25) is 0 Å². The van der Waals surface area contributed by atoms with E-state index in [2.05, 4.69) is 11.4 Å². The van der Waals surface area contributed by atoms with Crippen LogP contribution in [0.3, 0.4) is 0 Å². The van der Waals surface area contributed by atoms with Crippen LogP contribution in [0.1, 0.15) is 38.7 Å². The molecule has 2 N–H and O–H groups in total. The molecule has 4 heteroatoms. The first-order chi connectivity index (χ1) is 10.6. The Morgan fingerprint density at radius 1 is 1.32 bits per heavy atom. The summed E-state index contributed by atoms with van der Waals surface area (Å²) in [5.41, 5.74) is 3.83. The van der Waals surface area contributed by atoms with E-state index in [4.69, 9.17) is 5.26 Å². The normalized spacial score (nSPS) is 19.3. The number of nitrogens with one attached hydrogen (secondary N) is 1. The van der Waals surface area contributed by atoms with Gasteiger partial charge in [0.1, 0.15) is 0 Å². The zero-order valence-corrected chi connectivity index (χ0v) is 12.2. The van der Waals surface area contributed by atoms with E-state index in [0.717, 1.165) is 16.7 Å². The van der Waals surface area contributed by atoms with Crippen molar-refractivity contribution in [2.45, 2.75) is 25.5 Å². The molecule has 0 aliphatic heterocycles. The van der Waals surface area contributed by atoms with Crippen LogP contribution in [0.15, 0.2) is 42.5 Å². The summed E-state index contributed by atoms with van der Waals surface area (Å²) in [5.74, 6) is -0.234. The van der Waals surface area contributed by atoms with Gasteiger partial charge in [0.15, 0.2) is 0 Å². The Hall–Kier alpha value is -2.64. The van der Waals surface area contributed by atoms with Crippen molar-refractivity contribution in [2.75, 3.05) is 0 Å². The smallest absolute Gasteiger partial charge is 0.252 e. The molecule has 3 rings (SSSR count). The molecule has 4 nitrogen and oxygen atoms in total. The Morgan fingerprint density at radius 3 is 2.82 bits per heavy atom. The third kappa shape index (κ3) is 2.47. The molecule has 0 saturated heterocycles. The van der Waals surface area contributed by atoms with E-state index in [9.17, 15) is 9.90 Å². The summed E-state index contributed by atoms with van der Waals surface area (Å²) in [6, 6.07) is 14.4. The van der Waals surface area contributed by atoms with Gasteiger partial charge in [0.05, 0.1) is 23.8 Å². The largest absolute Gasteiger partial charge is 0.390 e. The highest BCUT2D eigenvalue weighted by Crippen LogP contribution is 2.31. The summed E-state index contributed by atoms with van der Waals surface area (Å²) in [4.78, 5) is 12.5. The number of benzene rings is 2. The van der Waals surface area contributed by atoms with Gasteiger partial charge in [-0.15, -0.1) is 0 Å². The standard InChI is InChI=1S/C18H16N2O2/c1-11-8-12(10-19)6-7-14(11)18(22)20-17-15-5-3-2-4-13(15)9-16(17)21/h2-8,16-17,21H,9H2,1H3,(H,20,22). The van der Waals surface area contributed by atoms with Crippen LogP contribution in [-0.2, 0) is 6.42 Å². The van der Waals surface area contributed by atoms with Crippen molar-refractivity contribution >= 4 is 5.91 Å². The Kier molecular flexibility index (Phi) is 3.66. The number of aliphatic hydroxyl groups is 1. The van der Waals surface area contributed by atoms with Crippen molar-refractivity contribution in [1.82, 2.24) is 5.32 Å². The topological polar surface area (TPSA) is 73.1 Å². The number of hydrogen-bond acceptors (Lipinski definition) is 3. The first-order valence-corrected chi connectivity index (χ1v) is 7.17. The molecule has 0 fully saturated rings. The molecule has 2 atom stereocenters. The minimum absolute atomic E-state index is 0.234. The van der Waals surface area contributed by atoms with Gasteiger partial charge in [-0.3, -0.25) is 4.79 Å². The number of nitrogens with zero attached hydrogens (tertiary/aromatic N) is 1. The molecule has 0 radical (unpaired) electrons. The minimum atomic E-state index is -0.611. The molecule has 2 aromatic rings. The number of carbonyl (C=O) groups is 1. The Labute approximate surface area is 129 Å². The maximum Gasteiger partial charge on any atom is 0.252 e. The lowest BCUT2D eigenvalue weighted by molar-refractivity contribution is 0.0857. The highest BCUT2D eigenvalue weighted by atomic mass is 16.3. The third-order valence-corrected chi connectivity index (χ3v) is 4.09. The lowest BCUT2D eigenvalue weighted by atomic mass is 10.0. The quantitative estimate of drug-likeness (QED) is 0.891. The van der Waals surface area contributed by atoms with Crippen molar-refractivity contribution < 1.29 is 9.90 Å². The maximum atomic E-state index is 12.5. The molecule has 110 valence electrons. The van der Waals surface area contributed by atoms with Crippen molar-refractivity contribution in [3.63, 3.8) is 0 Å². The van der Waals surface area contributed by atoms with Crippen LogP contribution in [-0.4, -0.2) is 17.1 Å². The predicted molar refractivity (Wildman–Crippen MR) is 82.3 cm³/mol. The molecule has 2 aromatic carbocycles. The number of hydrogen-bond donors (Lipinski definition) is 2. The van der Waals surface area contributed by atoms with E-state index in [1.807, 2.05) is 24.3 Å². The molecule has 0 heterocycles. The van der Waals surface area contributed by atoms with Crippen LogP contribution in [0, 0.1) is 18.3 Å². The van der Waals surface area contributed by atoms with Crippen LogP contribution in [0.4, 0.5) is 0 Å². The summed E-state index contributed by atoms with van der Waals surface area (Å²) in [6.45, 7) is 1.80. The first-order valence-electron chi connectivity index (χ1n) is 7.17. The van der Waals surface area contributed by atoms with Gasteiger partial charge in [-0.05, 0) is 41.8 Å². The van der Waals surface area contributed by atoms with Crippen LogP contribution in [0.25, 0.3) is 0 Å². The first kappa shape index (κ1) is 14.3. The molecule has 22 heavy (non-hydrogen) atoms. The number of fused-ring (bicyclic) bond motifs is 1. The summed E-state index contributed by atoms with van der Waals surface area (Å²) in [5, 5.41) is 22.0. The van der Waals surface area contributed by atoms with E-state index >= 15 is 0 Å². The number of rotatable bonds is 2. The van der Waals surface area contributed by atoms with Gasteiger partial charge in [-0.2, -0.15) is 5.26 Å². The number of aliphatic hydroxyl groups excluding tert-OH is 1. The molecule has 0 spiro atoms. The monoisotopic (exact) mass is 292 g/mol. The van der Waals surface area contributed by atoms with Gasteiger partial charge in [-0.1, -0.05) is 24.3 Å². The second kappa shape index (κ2) is 5.63. The van der Waals surface area contributed by atoms with E-state index in [1.165, 1.54) is 0 Å². The lowest BCUT2D eigenvalue weighted by Crippen LogP contribution is -2.34. The van der Waals surface area contributed by atoms with Crippen LogP contribution >= 0.6 is 0 Å². The second-order valence-corrected chi connectivity index (χ2v) is 5.56. The molecule has 1 aliphatic rings. The molecule has 1 amide bonds. The van der Waals surface area contributed by atoms with E-state index in [1.54, 1.807) is 25.1 Å². The molecule has 2 unspecified atom stereocenters. The van der Waals surface area contributed by atoms with Crippen LogP contribution in [0.5, 0.6) is 0 Å². The van der Waals surface area contributed by atoms with E-state index < -0.39 is 12.1 Å². The SMILES string of the molecule is Cc1cc(C#N)ccc1C(=O)NC1c2ccccc2CC1O. The van der Waals surface area contributed by atoms with Crippen molar-refractivity contribution in [3.8, 4) is 6.07 Å². The average Bonchev–Trinajstić information content (AvgIpc) is 2.83. The van der Waals surface area contributed by atoms with Gasteiger partial charge >= 0.3 is 0 Å². The van der Waals surface area contributed by atoms with Crippen molar-refractivity contribution in [1.29, 1.82) is 5.26 Å². The van der Waals surface area contributed by atoms with E-state index in [-0.39, 0.29) is 5.91 Å². The Balaban J connectivity index is 1.85. The van der Waals surface area contributed by atoms with Crippen LogP contribution < -0.4 is 5.32 Å². The Morgan fingerprint density at radius 2 is 2.09 bits per heavy atom. The molecular weight excluding hydrogens is 276 g/mol. The molecule has 0 aromatic heterocycles. The number of amides is 1. The number of carbonyl (C=O) groups excluding carboxylic acids is 1. The van der Waals surface area contributed by atoms with Gasteiger partial charge < -0.3 is 10.4 Å². The van der Waals surface area contributed by atoms with Crippen molar-refractivity contribution in [2.24, 2.45) is 0 Å². The molecule has 0 bridgehead atoms. The highest BCUT2D eigenvalue weighted by molar-refractivity contribution is 5.96. The van der Waals surface area contributed by atoms with Gasteiger partial charge in [-0.25, -0.2) is 0 Å². The molecule has 1 aliphatic carbocycles. The van der Waals surface area contributed by atoms with E-state index in [0.29, 0.717) is 17.5 Å². The predicted octanol–water partition coefficient (Wildman–Crippen LogP) is 2.25. The fourth-order valence-corrected chi connectivity index (χ4v) is 2.95. The number of nitriles is 1. The minimum Gasteiger partial charge on any atom is -0.390 e. The summed E-state index contributed by atoms with van der Waals surface area (Å²) in [7, 11) is 0. The van der Waals surface area contributed by atoms with Gasteiger partial charge in [0.2, 0.25) is 0 Å². The second-order valence-electron chi connectivity index (χ2n) is 5.56. The Bertz CT molecular complexity index is 777. The van der Waals surface area contributed by atoms with Gasteiger partial charge in [0.25, 0.3) is 5.91 Å². The lowest BCUT2D eigenvalue weighted by Gasteiger charge is -2.18. The maximum absolute atomic E-state index is 12.5. The third-order valence-electron chi connectivity index (χ3n) is 4.09. The summed E-state index contributed by atoms with van der Waals surface area (Å²) >= 11 is 0. The summed E-state index contributed by atoms with van der Waals surface area (Å²) in [6.07, 6.45) is -0.0620. The zero-order chi connectivity index (χ0) is 15.7. The summed E-state index contributed by atoms with van der Waals surface area (Å²) < 4.78 is 0. The average molecular weight is 292 g/mol. The molecular formula is C18H16N2O2. The fraction of sp³-hybridized carbons (Fsp3) is 0.222.